The van der Waals surface area contributed by atoms with Crippen LogP contribution in [0.4, 0.5) is 5.69 Å². The number of anilines is 1. The normalized spacial score (nSPS) is 10.1. The molecule has 0 bridgehead atoms. The van der Waals surface area contributed by atoms with Gasteiger partial charge in [0.1, 0.15) is 4.99 Å². The second kappa shape index (κ2) is 4.97. The van der Waals surface area contributed by atoms with Gasteiger partial charge in [0, 0.05) is 5.56 Å². The van der Waals surface area contributed by atoms with Crippen LogP contribution in [0.2, 0.25) is 0 Å². The van der Waals surface area contributed by atoms with E-state index < -0.39 is 0 Å². The molecule has 18 heavy (non-hydrogen) atoms. The molecule has 2 rings (SSSR count). The molecule has 1 amide bonds. The minimum atomic E-state index is -0.381. The minimum absolute atomic E-state index is 0.174. The molecule has 0 saturated heterocycles. The van der Waals surface area contributed by atoms with E-state index in [0.29, 0.717) is 16.9 Å². The van der Waals surface area contributed by atoms with Crippen LogP contribution in [0.3, 0.4) is 0 Å². The maximum Gasteiger partial charge on any atom is 0.293 e. The van der Waals surface area contributed by atoms with Gasteiger partial charge in [0.15, 0.2) is 6.39 Å². The van der Waals surface area contributed by atoms with Crippen molar-refractivity contribution in [3.8, 4) is 0 Å². The quantitative estimate of drug-likeness (QED) is 0.824. The summed E-state index contributed by atoms with van der Waals surface area (Å²) in [4.78, 5) is 16.0. The number of para-hydroxylation sites is 1. The molecule has 0 atom stereocenters. The first-order valence-electron chi connectivity index (χ1n) is 5.20. The Labute approximate surface area is 109 Å². The molecule has 2 aromatic rings. The first-order chi connectivity index (χ1) is 8.59. The lowest BCUT2D eigenvalue weighted by molar-refractivity contribution is 0.0996. The van der Waals surface area contributed by atoms with Gasteiger partial charge >= 0.3 is 0 Å². The summed E-state index contributed by atoms with van der Waals surface area (Å²) in [6, 6.07) is 7.04. The van der Waals surface area contributed by atoms with Crippen LogP contribution < -0.4 is 11.1 Å². The number of hydrogen-bond donors (Lipinski definition) is 2. The highest BCUT2D eigenvalue weighted by Gasteiger charge is 2.15. The number of amides is 1. The average Bonchev–Trinajstić information content (AvgIpc) is 2.76. The van der Waals surface area contributed by atoms with Crippen molar-refractivity contribution in [2.45, 2.75) is 6.92 Å². The second-order valence-electron chi connectivity index (χ2n) is 3.63. The SMILES string of the molecule is Cc1ncoc1C(=O)Nc1ccccc1C(N)=S. The van der Waals surface area contributed by atoms with E-state index in [2.05, 4.69) is 10.3 Å². The number of nitrogens with two attached hydrogens (primary N) is 1. The second-order valence-corrected chi connectivity index (χ2v) is 4.07. The fourth-order valence-electron chi connectivity index (χ4n) is 1.51. The highest BCUT2D eigenvalue weighted by Crippen LogP contribution is 2.16. The van der Waals surface area contributed by atoms with E-state index in [0.717, 1.165) is 0 Å². The lowest BCUT2D eigenvalue weighted by Gasteiger charge is -2.08. The molecule has 0 aliphatic rings. The Morgan fingerprint density at radius 2 is 2.17 bits per heavy atom. The number of benzene rings is 1. The zero-order valence-electron chi connectivity index (χ0n) is 9.64. The molecule has 6 heteroatoms. The Hall–Kier alpha value is -2.21. The van der Waals surface area contributed by atoms with Crippen LogP contribution in [-0.4, -0.2) is 15.9 Å². The van der Waals surface area contributed by atoms with Crippen molar-refractivity contribution in [3.63, 3.8) is 0 Å². The van der Waals surface area contributed by atoms with Gasteiger partial charge < -0.3 is 15.5 Å². The molecule has 1 heterocycles. The molecule has 0 fully saturated rings. The smallest absolute Gasteiger partial charge is 0.293 e. The van der Waals surface area contributed by atoms with Crippen molar-refractivity contribution in [2.75, 3.05) is 5.32 Å². The van der Waals surface area contributed by atoms with E-state index in [1.54, 1.807) is 31.2 Å². The van der Waals surface area contributed by atoms with E-state index in [4.69, 9.17) is 22.4 Å². The maximum atomic E-state index is 11.9. The van der Waals surface area contributed by atoms with Gasteiger partial charge in [-0.25, -0.2) is 4.98 Å². The summed E-state index contributed by atoms with van der Waals surface area (Å²) >= 11 is 4.92. The lowest BCUT2D eigenvalue weighted by atomic mass is 10.1. The van der Waals surface area contributed by atoms with Crippen LogP contribution in [0.1, 0.15) is 21.8 Å². The summed E-state index contributed by atoms with van der Waals surface area (Å²) in [5.74, 6) is -0.207. The molecule has 0 saturated carbocycles. The molecule has 0 aliphatic carbocycles. The van der Waals surface area contributed by atoms with Crippen LogP contribution in [0.25, 0.3) is 0 Å². The van der Waals surface area contributed by atoms with Crippen LogP contribution in [0.15, 0.2) is 35.1 Å². The summed E-state index contributed by atoms with van der Waals surface area (Å²) in [6.07, 6.45) is 1.23. The zero-order valence-corrected chi connectivity index (χ0v) is 10.5. The summed E-state index contributed by atoms with van der Waals surface area (Å²) < 4.78 is 5.01. The van der Waals surface area contributed by atoms with E-state index >= 15 is 0 Å². The number of nitrogens with one attached hydrogen (secondary N) is 1. The number of hydrogen-bond acceptors (Lipinski definition) is 4. The minimum Gasteiger partial charge on any atom is -0.438 e. The topological polar surface area (TPSA) is 81.2 Å². The van der Waals surface area contributed by atoms with Gasteiger partial charge in [-0.15, -0.1) is 0 Å². The van der Waals surface area contributed by atoms with Crippen molar-refractivity contribution < 1.29 is 9.21 Å². The van der Waals surface area contributed by atoms with Crippen molar-refractivity contribution in [2.24, 2.45) is 5.73 Å². The monoisotopic (exact) mass is 261 g/mol. The molecular formula is C12H11N3O2S. The third-order valence-electron chi connectivity index (χ3n) is 2.39. The molecule has 0 unspecified atom stereocenters. The molecule has 0 aliphatic heterocycles. The van der Waals surface area contributed by atoms with Crippen molar-refractivity contribution in [1.29, 1.82) is 0 Å². The molecule has 0 radical (unpaired) electrons. The van der Waals surface area contributed by atoms with E-state index in [-0.39, 0.29) is 16.7 Å². The Bertz CT molecular complexity index is 607. The molecule has 5 nitrogen and oxygen atoms in total. The third-order valence-corrected chi connectivity index (χ3v) is 2.61. The third kappa shape index (κ3) is 2.38. The highest BCUT2D eigenvalue weighted by molar-refractivity contribution is 7.80. The van der Waals surface area contributed by atoms with Crippen molar-refractivity contribution >= 4 is 28.8 Å². The summed E-state index contributed by atoms with van der Waals surface area (Å²) in [5, 5.41) is 2.69. The summed E-state index contributed by atoms with van der Waals surface area (Å²) in [7, 11) is 0. The fourth-order valence-corrected chi connectivity index (χ4v) is 1.68. The summed E-state index contributed by atoms with van der Waals surface area (Å²) in [6.45, 7) is 1.69. The standard InChI is InChI=1S/C12H11N3O2S/c1-7-10(17-6-14-7)12(16)15-9-5-3-2-4-8(9)11(13)18/h2-6H,1H3,(H2,13,18)(H,15,16). The zero-order chi connectivity index (χ0) is 13.1. The van der Waals surface area contributed by atoms with E-state index in [9.17, 15) is 4.79 Å². The van der Waals surface area contributed by atoms with Gasteiger partial charge in [-0.2, -0.15) is 0 Å². The van der Waals surface area contributed by atoms with Gasteiger partial charge in [-0.3, -0.25) is 4.79 Å². The van der Waals surface area contributed by atoms with Crippen LogP contribution in [0.5, 0.6) is 0 Å². The summed E-state index contributed by atoms with van der Waals surface area (Å²) in [5.41, 5.74) is 7.27. The Morgan fingerprint density at radius 1 is 1.44 bits per heavy atom. The van der Waals surface area contributed by atoms with Crippen LogP contribution in [-0.2, 0) is 0 Å². The predicted octanol–water partition coefficient (Wildman–Crippen LogP) is 1.87. The number of aromatic nitrogens is 1. The molecule has 0 spiro atoms. The molecule has 92 valence electrons. The van der Waals surface area contributed by atoms with Gasteiger partial charge in [0.25, 0.3) is 5.91 Å². The fraction of sp³-hybridized carbons (Fsp3) is 0.0833. The Morgan fingerprint density at radius 3 is 2.78 bits per heavy atom. The highest BCUT2D eigenvalue weighted by atomic mass is 32.1. The van der Waals surface area contributed by atoms with Crippen molar-refractivity contribution in [3.05, 3.63) is 47.7 Å². The van der Waals surface area contributed by atoms with E-state index in [1.807, 2.05) is 0 Å². The first kappa shape index (κ1) is 12.3. The number of carbonyl (C=O) groups excluding carboxylic acids is 1. The maximum absolute atomic E-state index is 11.9. The number of aryl methyl sites for hydroxylation is 1. The molecule has 1 aromatic carbocycles. The Kier molecular flexibility index (Phi) is 3.38. The predicted molar refractivity (Wildman–Crippen MR) is 71.5 cm³/mol. The van der Waals surface area contributed by atoms with Crippen molar-refractivity contribution in [1.82, 2.24) is 4.98 Å². The van der Waals surface area contributed by atoms with Crippen LogP contribution >= 0.6 is 12.2 Å². The lowest BCUT2D eigenvalue weighted by Crippen LogP contribution is -2.17. The molecule has 3 N–H and O–H groups in total. The van der Waals surface area contributed by atoms with Gasteiger partial charge in [0.05, 0.1) is 11.4 Å². The largest absolute Gasteiger partial charge is 0.438 e. The number of carbonyl (C=O) groups is 1. The number of nitrogens with zero attached hydrogens (tertiary/aromatic N) is 1. The number of rotatable bonds is 3. The van der Waals surface area contributed by atoms with Gasteiger partial charge in [-0.05, 0) is 19.1 Å². The number of oxazole rings is 1. The Balaban J connectivity index is 2.28. The van der Waals surface area contributed by atoms with E-state index in [1.165, 1.54) is 6.39 Å². The molecule has 1 aromatic heterocycles. The first-order valence-corrected chi connectivity index (χ1v) is 5.60. The molecular weight excluding hydrogens is 250 g/mol. The van der Waals surface area contributed by atoms with Gasteiger partial charge in [-0.1, -0.05) is 24.4 Å². The van der Waals surface area contributed by atoms with Crippen LogP contribution in [0, 0.1) is 6.92 Å². The average molecular weight is 261 g/mol. The number of thiocarbonyl (C=S) groups is 1. The van der Waals surface area contributed by atoms with Gasteiger partial charge in [0.2, 0.25) is 5.76 Å².